The Labute approximate surface area is 106 Å². The van der Waals surface area contributed by atoms with Crippen molar-refractivity contribution in [2.45, 2.75) is 19.9 Å². The van der Waals surface area contributed by atoms with Gasteiger partial charge in [-0.15, -0.1) is 10.2 Å². The average Bonchev–Trinajstić information content (AvgIpc) is 2.68. The van der Waals surface area contributed by atoms with E-state index in [2.05, 4.69) is 38.6 Å². The number of nitrogens with zero attached hydrogens (tertiary/aromatic N) is 3. The lowest BCUT2D eigenvalue weighted by Crippen LogP contribution is -2.23. The van der Waals surface area contributed by atoms with Gasteiger partial charge in [0.2, 0.25) is 11.8 Å². The third-order valence-electron chi connectivity index (χ3n) is 3.06. The summed E-state index contributed by atoms with van der Waals surface area (Å²) in [5.41, 5.74) is 2.37. The lowest BCUT2D eigenvalue weighted by atomic mass is 10.2. The van der Waals surface area contributed by atoms with Gasteiger partial charge < -0.3 is 14.6 Å². The summed E-state index contributed by atoms with van der Waals surface area (Å²) in [6.45, 7) is 4.47. The summed E-state index contributed by atoms with van der Waals surface area (Å²) in [5, 5.41) is 11.4. The van der Waals surface area contributed by atoms with E-state index in [0.717, 1.165) is 19.5 Å². The SMILES string of the molecule is Cc1nnc(CN2CCCNc3ccccc32)o1. The van der Waals surface area contributed by atoms with Gasteiger partial charge >= 0.3 is 0 Å². The van der Waals surface area contributed by atoms with Gasteiger partial charge in [0, 0.05) is 20.0 Å². The number of anilines is 2. The molecular weight excluding hydrogens is 228 g/mol. The zero-order valence-electron chi connectivity index (χ0n) is 10.4. The van der Waals surface area contributed by atoms with Gasteiger partial charge in [-0.2, -0.15) is 0 Å². The summed E-state index contributed by atoms with van der Waals surface area (Å²) in [7, 11) is 0. The molecule has 0 amide bonds. The molecule has 1 aliphatic rings. The fourth-order valence-corrected chi connectivity index (χ4v) is 2.24. The van der Waals surface area contributed by atoms with Crippen LogP contribution in [0.1, 0.15) is 18.2 Å². The molecule has 1 aliphatic heterocycles. The molecule has 0 radical (unpaired) electrons. The van der Waals surface area contributed by atoms with Gasteiger partial charge in [0.25, 0.3) is 0 Å². The Hall–Kier alpha value is -2.04. The van der Waals surface area contributed by atoms with Crippen molar-refractivity contribution in [2.24, 2.45) is 0 Å². The van der Waals surface area contributed by atoms with Gasteiger partial charge in [0.05, 0.1) is 17.9 Å². The van der Waals surface area contributed by atoms with Crippen LogP contribution in [0.2, 0.25) is 0 Å². The molecule has 0 aliphatic carbocycles. The van der Waals surface area contributed by atoms with Crippen LogP contribution in [-0.4, -0.2) is 23.3 Å². The number of aryl methyl sites for hydroxylation is 1. The highest BCUT2D eigenvalue weighted by molar-refractivity contribution is 5.70. The minimum absolute atomic E-state index is 0.617. The number of hydrogen-bond acceptors (Lipinski definition) is 5. The fourth-order valence-electron chi connectivity index (χ4n) is 2.24. The number of aromatic nitrogens is 2. The van der Waals surface area contributed by atoms with Crippen LogP contribution in [0.5, 0.6) is 0 Å². The van der Waals surface area contributed by atoms with Crippen molar-refractivity contribution in [2.75, 3.05) is 23.3 Å². The van der Waals surface area contributed by atoms with Gasteiger partial charge in [-0.1, -0.05) is 12.1 Å². The van der Waals surface area contributed by atoms with Crippen molar-refractivity contribution in [1.82, 2.24) is 10.2 Å². The molecule has 1 aromatic heterocycles. The van der Waals surface area contributed by atoms with Crippen LogP contribution >= 0.6 is 0 Å². The van der Waals surface area contributed by atoms with Gasteiger partial charge in [-0.25, -0.2) is 0 Å². The van der Waals surface area contributed by atoms with E-state index < -0.39 is 0 Å². The minimum Gasteiger partial charge on any atom is -0.424 e. The first-order valence-electron chi connectivity index (χ1n) is 6.20. The molecule has 2 aromatic rings. The Morgan fingerprint density at radius 1 is 1.33 bits per heavy atom. The number of para-hydroxylation sites is 2. The predicted molar refractivity (Wildman–Crippen MR) is 69.6 cm³/mol. The molecular formula is C13H16N4O. The molecule has 3 rings (SSSR count). The molecule has 0 saturated carbocycles. The molecule has 0 saturated heterocycles. The maximum atomic E-state index is 5.46. The quantitative estimate of drug-likeness (QED) is 0.877. The Morgan fingerprint density at radius 3 is 3.06 bits per heavy atom. The normalized spacial score (nSPS) is 14.8. The molecule has 5 heteroatoms. The fraction of sp³-hybridized carbons (Fsp3) is 0.385. The Kier molecular flexibility index (Phi) is 2.88. The van der Waals surface area contributed by atoms with E-state index in [1.165, 1.54) is 11.4 Å². The van der Waals surface area contributed by atoms with E-state index in [-0.39, 0.29) is 0 Å². The highest BCUT2D eigenvalue weighted by Crippen LogP contribution is 2.28. The first kappa shape index (κ1) is 11.1. The lowest BCUT2D eigenvalue weighted by Gasteiger charge is -2.22. The Bertz CT molecular complexity index is 537. The monoisotopic (exact) mass is 244 g/mol. The topological polar surface area (TPSA) is 54.2 Å². The summed E-state index contributed by atoms with van der Waals surface area (Å²) in [6, 6.07) is 8.33. The van der Waals surface area contributed by atoms with E-state index in [1.54, 1.807) is 0 Å². The van der Waals surface area contributed by atoms with E-state index >= 15 is 0 Å². The minimum atomic E-state index is 0.617. The molecule has 0 fully saturated rings. The average molecular weight is 244 g/mol. The van der Waals surface area contributed by atoms with Crippen molar-refractivity contribution < 1.29 is 4.42 Å². The van der Waals surface area contributed by atoms with Gasteiger partial charge in [0.1, 0.15) is 0 Å². The molecule has 0 atom stereocenters. The first-order valence-corrected chi connectivity index (χ1v) is 6.20. The summed E-state index contributed by atoms with van der Waals surface area (Å²) < 4.78 is 5.46. The number of fused-ring (bicyclic) bond motifs is 1. The van der Waals surface area contributed by atoms with Gasteiger partial charge in [0.15, 0.2) is 0 Å². The number of benzene rings is 1. The number of nitrogens with one attached hydrogen (secondary N) is 1. The van der Waals surface area contributed by atoms with Crippen molar-refractivity contribution in [3.8, 4) is 0 Å². The van der Waals surface area contributed by atoms with E-state index in [4.69, 9.17) is 4.42 Å². The van der Waals surface area contributed by atoms with Crippen LogP contribution < -0.4 is 10.2 Å². The Morgan fingerprint density at radius 2 is 2.22 bits per heavy atom. The molecule has 0 spiro atoms. The van der Waals surface area contributed by atoms with Gasteiger partial charge in [-0.3, -0.25) is 0 Å². The summed E-state index contributed by atoms with van der Waals surface area (Å²) in [5.74, 6) is 1.29. The molecule has 0 bridgehead atoms. The first-order chi connectivity index (χ1) is 8.83. The third kappa shape index (κ3) is 2.16. The second-order valence-corrected chi connectivity index (χ2v) is 4.43. The van der Waals surface area contributed by atoms with Crippen molar-refractivity contribution >= 4 is 11.4 Å². The smallest absolute Gasteiger partial charge is 0.235 e. The molecule has 18 heavy (non-hydrogen) atoms. The zero-order chi connectivity index (χ0) is 12.4. The van der Waals surface area contributed by atoms with Crippen molar-refractivity contribution in [1.29, 1.82) is 0 Å². The molecule has 94 valence electrons. The molecule has 0 unspecified atom stereocenters. The summed E-state index contributed by atoms with van der Waals surface area (Å²) >= 11 is 0. The zero-order valence-corrected chi connectivity index (χ0v) is 10.4. The highest BCUT2D eigenvalue weighted by Gasteiger charge is 2.16. The van der Waals surface area contributed by atoms with Crippen LogP contribution in [0.4, 0.5) is 11.4 Å². The standard InChI is InChI=1S/C13H16N4O/c1-10-15-16-13(18-10)9-17-8-4-7-14-11-5-2-3-6-12(11)17/h2-3,5-6,14H,4,7-9H2,1H3. The van der Waals surface area contributed by atoms with Crippen LogP contribution in [0.15, 0.2) is 28.7 Å². The number of rotatable bonds is 2. The van der Waals surface area contributed by atoms with E-state index in [9.17, 15) is 0 Å². The summed E-state index contributed by atoms with van der Waals surface area (Å²) in [6.07, 6.45) is 1.10. The van der Waals surface area contributed by atoms with Gasteiger partial charge in [-0.05, 0) is 18.6 Å². The number of hydrogen-bond donors (Lipinski definition) is 1. The van der Waals surface area contributed by atoms with Crippen LogP contribution in [0.3, 0.4) is 0 Å². The van der Waals surface area contributed by atoms with E-state index in [0.29, 0.717) is 18.3 Å². The Balaban J connectivity index is 1.87. The largest absolute Gasteiger partial charge is 0.424 e. The maximum Gasteiger partial charge on any atom is 0.235 e. The molecule has 1 N–H and O–H groups in total. The van der Waals surface area contributed by atoms with Crippen LogP contribution in [0, 0.1) is 6.92 Å². The second-order valence-electron chi connectivity index (χ2n) is 4.43. The van der Waals surface area contributed by atoms with Crippen molar-refractivity contribution in [3.63, 3.8) is 0 Å². The molecule has 2 heterocycles. The molecule has 1 aromatic carbocycles. The second kappa shape index (κ2) is 4.68. The third-order valence-corrected chi connectivity index (χ3v) is 3.06. The van der Waals surface area contributed by atoms with E-state index in [1.807, 2.05) is 13.0 Å². The predicted octanol–water partition coefficient (Wildman–Crippen LogP) is 2.20. The lowest BCUT2D eigenvalue weighted by molar-refractivity contribution is 0.462. The van der Waals surface area contributed by atoms with Crippen LogP contribution in [-0.2, 0) is 6.54 Å². The highest BCUT2D eigenvalue weighted by atomic mass is 16.4. The van der Waals surface area contributed by atoms with Crippen molar-refractivity contribution in [3.05, 3.63) is 36.0 Å². The molecule has 5 nitrogen and oxygen atoms in total. The maximum absolute atomic E-state index is 5.46. The summed E-state index contributed by atoms with van der Waals surface area (Å²) in [4.78, 5) is 2.28. The van der Waals surface area contributed by atoms with Crippen LogP contribution in [0.25, 0.3) is 0 Å².